The molecule has 0 aliphatic heterocycles. The van der Waals surface area contributed by atoms with Crippen molar-refractivity contribution in [3.63, 3.8) is 0 Å². The first-order chi connectivity index (χ1) is 25.6. The van der Waals surface area contributed by atoms with Crippen LogP contribution in [0.2, 0.25) is 0 Å². The van der Waals surface area contributed by atoms with E-state index >= 15 is 0 Å². The molecule has 0 unspecified atom stereocenters. The molecule has 6 nitrogen and oxygen atoms in total. The van der Waals surface area contributed by atoms with Crippen molar-refractivity contribution in [2.75, 3.05) is 0 Å². The van der Waals surface area contributed by atoms with E-state index in [0.29, 0.717) is 0 Å². The van der Waals surface area contributed by atoms with Crippen LogP contribution in [0.5, 0.6) is 0 Å². The average molecular weight is 918 g/mol. The number of rotatable bonds is 9. The third kappa shape index (κ3) is 7.85. The largest absolute Gasteiger partial charge is 0.512 e. The topological polar surface area (TPSA) is 89.4 Å². The molecule has 4 heterocycles. The number of hydrogen-bond donors (Lipinski definition) is 1. The summed E-state index contributed by atoms with van der Waals surface area (Å²) in [5, 5.41) is 12.0. The molecule has 1 aliphatic carbocycles. The Morgan fingerprint density at radius 2 is 1.51 bits per heavy atom. The Morgan fingerprint density at radius 3 is 2.16 bits per heavy atom. The molecule has 0 bridgehead atoms. The molecule has 55 heavy (non-hydrogen) atoms. The predicted octanol–water partition coefficient (Wildman–Crippen LogP) is 13.3. The number of aromatic nitrogens is 2. The van der Waals surface area contributed by atoms with Gasteiger partial charge in [0.2, 0.25) is 0 Å². The number of aliphatic hydroxyl groups excluding tert-OH is 1. The molecule has 0 saturated carbocycles. The van der Waals surface area contributed by atoms with Crippen molar-refractivity contribution in [3.05, 3.63) is 95.5 Å². The molecule has 1 N–H and O–H groups in total. The Balaban J connectivity index is 0.000000311. The monoisotopic (exact) mass is 918 g/mol. The normalized spacial score (nSPS) is 14.8. The zero-order chi connectivity index (χ0) is 39.2. The van der Waals surface area contributed by atoms with Gasteiger partial charge in [-0.15, -0.1) is 23.3 Å². The van der Waals surface area contributed by atoms with Crippen molar-refractivity contribution in [2.24, 2.45) is 17.3 Å². The fraction of sp³-hybridized carbons (Fsp3) is 0.438. The maximum Gasteiger partial charge on any atom is 0.162 e. The molecule has 2 aromatic carbocycles. The minimum absolute atomic E-state index is 0. The molecule has 7 heteroatoms. The van der Waals surface area contributed by atoms with Crippen molar-refractivity contribution in [1.29, 1.82) is 0 Å². The number of ketones is 1. The van der Waals surface area contributed by atoms with Gasteiger partial charge in [-0.3, -0.25) is 9.78 Å². The van der Waals surface area contributed by atoms with Gasteiger partial charge in [0.05, 0.1) is 16.9 Å². The molecular formula is C48H57IrN2O4-. The van der Waals surface area contributed by atoms with Crippen LogP contribution in [0.25, 0.3) is 55.6 Å². The number of benzene rings is 2. The van der Waals surface area contributed by atoms with Crippen LogP contribution in [-0.4, -0.2) is 20.9 Å². The van der Waals surface area contributed by atoms with Crippen LogP contribution in [0.3, 0.4) is 0 Å². The molecule has 0 amide bonds. The van der Waals surface area contributed by atoms with Crippen molar-refractivity contribution in [2.45, 2.75) is 119 Å². The van der Waals surface area contributed by atoms with Gasteiger partial charge in [0, 0.05) is 61.4 Å². The van der Waals surface area contributed by atoms with Crippen LogP contribution in [-0.2, 0) is 42.2 Å². The first-order valence-electron chi connectivity index (χ1n) is 19.8. The zero-order valence-corrected chi connectivity index (χ0v) is 36.8. The smallest absolute Gasteiger partial charge is 0.162 e. The summed E-state index contributed by atoms with van der Waals surface area (Å²) in [7, 11) is 0. The Labute approximate surface area is 340 Å². The molecule has 6 aromatic rings. The summed E-state index contributed by atoms with van der Waals surface area (Å²) in [5.41, 5.74) is 9.84. The second-order valence-corrected chi connectivity index (χ2v) is 17.3. The molecule has 0 atom stereocenters. The maximum absolute atomic E-state index is 11.7. The quantitative estimate of drug-likeness (QED) is 0.0883. The number of carbonyl (C=O) groups excluding carboxylic acids is 1. The third-order valence-electron chi connectivity index (χ3n) is 12.0. The second kappa shape index (κ2) is 16.2. The van der Waals surface area contributed by atoms with Crippen molar-refractivity contribution >= 4 is 38.8 Å². The van der Waals surface area contributed by atoms with Crippen LogP contribution < -0.4 is 0 Å². The molecule has 1 radical (unpaired) electrons. The maximum atomic E-state index is 11.7. The van der Waals surface area contributed by atoms with Crippen LogP contribution in [0.15, 0.2) is 81.6 Å². The van der Waals surface area contributed by atoms with E-state index in [4.69, 9.17) is 18.8 Å². The van der Waals surface area contributed by atoms with Gasteiger partial charge in [-0.25, -0.2) is 0 Å². The summed E-state index contributed by atoms with van der Waals surface area (Å²) in [6, 6.07) is 20.3. The summed E-state index contributed by atoms with van der Waals surface area (Å²) in [4.78, 5) is 21.4. The molecule has 0 saturated heterocycles. The molecule has 0 fully saturated rings. The van der Waals surface area contributed by atoms with Gasteiger partial charge in [-0.05, 0) is 107 Å². The summed E-state index contributed by atoms with van der Waals surface area (Å²) >= 11 is 0. The van der Waals surface area contributed by atoms with E-state index < -0.39 is 0 Å². The van der Waals surface area contributed by atoms with Crippen LogP contribution in [0.1, 0.15) is 119 Å². The predicted molar refractivity (Wildman–Crippen MR) is 222 cm³/mol. The van der Waals surface area contributed by atoms with Crippen LogP contribution >= 0.6 is 0 Å². The van der Waals surface area contributed by atoms with Gasteiger partial charge in [0.15, 0.2) is 5.78 Å². The first kappa shape index (κ1) is 42.1. The van der Waals surface area contributed by atoms with Gasteiger partial charge in [-0.2, -0.15) is 0 Å². The van der Waals surface area contributed by atoms with E-state index in [-0.39, 0.29) is 59.7 Å². The van der Waals surface area contributed by atoms with Gasteiger partial charge >= 0.3 is 0 Å². The molecule has 1 aliphatic rings. The number of pyridine rings is 2. The van der Waals surface area contributed by atoms with Gasteiger partial charge in [0.1, 0.15) is 16.9 Å². The fourth-order valence-electron chi connectivity index (χ4n) is 8.28. The van der Waals surface area contributed by atoms with Crippen LogP contribution in [0.4, 0.5) is 0 Å². The van der Waals surface area contributed by atoms with Crippen LogP contribution in [0, 0.1) is 23.3 Å². The molecule has 7 rings (SSSR count). The number of hydrogen-bond acceptors (Lipinski definition) is 6. The molecule has 0 spiro atoms. The minimum atomic E-state index is -0.282. The van der Waals surface area contributed by atoms with Crippen molar-refractivity contribution < 1.29 is 38.8 Å². The minimum Gasteiger partial charge on any atom is -0.512 e. The molecular weight excluding hydrogens is 861 g/mol. The summed E-state index contributed by atoms with van der Waals surface area (Å²) < 4.78 is 12.7. The molecule has 293 valence electrons. The van der Waals surface area contributed by atoms with Gasteiger partial charge < -0.3 is 18.9 Å². The summed E-state index contributed by atoms with van der Waals surface area (Å²) in [5.74, 6) is 1.42. The van der Waals surface area contributed by atoms with E-state index in [2.05, 4.69) is 84.9 Å². The Morgan fingerprint density at radius 1 is 0.836 bits per heavy atom. The standard InChI is InChI=1S/C35H33N2O2.C13H24O2.Ir/c1-33(2,3)19-20-10-12-24-21(17-20)18-27(38-24)22-14-16-37-31-23-11-13-25-28(32-26(39-25)9-8-15-36-32)29(23)34(4,5)35(6,7)30(22)31;1-5-10(6-2)12(14)9-13(15)11(7-3)8-4;/h8-10,12-18H,19H2,1-7H3;9-11,14H,5-8H2,1-4H3;/q-1;;/b;12-9-;. The van der Waals surface area contributed by atoms with Gasteiger partial charge in [-0.1, -0.05) is 82.2 Å². The Bertz CT molecular complexity index is 2350. The van der Waals surface area contributed by atoms with Crippen molar-refractivity contribution in [3.8, 4) is 22.6 Å². The van der Waals surface area contributed by atoms with E-state index in [0.717, 1.165) is 87.7 Å². The average Bonchev–Trinajstić information content (AvgIpc) is 3.72. The number of furan rings is 2. The number of allylic oxidation sites excluding steroid dienone is 2. The van der Waals surface area contributed by atoms with E-state index in [1.807, 2.05) is 58.3 Å². The van der Waals surface area contributed by atoms with E-state index in [1.165, 1.54) is 22.8 Å². The number of carbonyl (C=O) groups is 1. The van der Waals surface area contributed by atoms with E-state index in [1.54, 1.807) is 0 Å². The number of fused-ring (bicyclic) bond motifs is 8. The zero-order valence-electron chi connectivity index (χ0n) is 34.4. The summed E-state index contributed by atoms with van der Waals surface area (Å²) in [6.45, 7) is 24.2. The van der Waals surface area contributed by atoms with Crippen molar-refractivity contribution in [1.82, 2.24) is 9.97 Å². The van der Waals surface area contributed by atoms with Gasteiger partial charge in [0.25, 0.3) is 0 Å². The second-order valence-electron chi connectivity index (χ2n) is 17.3. The number of nitrogens with zero attached hydrogens (tertiary/aromatic N) is 2. The number of aliphatic hydroxyl groups is 1. The SMILES string of the molecule is CC(C)(C)Cc1ccc2oc(-c3ccnc4c3C(C)(C)C(C)(C)c3c-4[c-]cc4oc5cccnc5c34)cc2c1.CCC(CC)C(=O)/C=C(\O)C(CC)CC.[Ir]. The first-order valence-corrected chi connectivity index (χ1v) is 19.8. The fourth-order valence-corrected chi connectivity index (χ4v) is 8.28. The third-order valence-corrected chi connectivity index (χ3v) is 12.0. The van der Waals surface area contributed by atoms with E-state index in [9.17, 15) is 9.90 Å². The Hall–Kier alpha value is -4.06. The Kier molecular flexibility index (Phi) is 12.4. The summed E-state index contributed by atoms with van der Waals surface area (Å²) in [6.07, 6.45) is 9.66. The molecule has 4 aromatic heterocycles.